The van der Waals surface area contributed by atoms with E-state index in [1.54, 1.807) is 24.7 Å². The Morgan fingerprint density at radius 2 is 2.16 bits per heavy atom. The third-order valence-corrected chi connectivity index (χ3v) is 3.37. The highest BCUT2D eigenvalue weighted by atomic mass is 32.2. The van der Waals surface area contributed by atoms with Crippen molar-refractivity contribution in [1.82, 2.24) is 24.9 Å². The first-order chi connectivity index (χ1) is 9.24. The van der Waals surface area contributed by atoms with Crippen molar-refractivity contribution < 1.29 is 0 Å². The first kappa shape index (κ1) is 11.6. The maximum Gasteiger partial charge on any atom is 0.181 e. The molecule has 0 unspecified atom stereocenters. The molecule has 0 radical (unpaired) electrons. The van der Waals surface area contributed by atoms with Gasteiger partial charge in [-0.25, -0.2) is 19.9 Å². The summed E-state index contributed by atoms with van der Waals surface area (Å²) in [6.45, 7) is 0. The predicted molar refractivity (Wildman–Crippen MR) is 71.1 cm³/mol. The van der Waals surface area contributed by atoms with Gasteiger partial charge in [0.05, 0.1) is 6.33 Å². The van der Waals surface area contributed by atoms with Crippen molar-refractivity contribution in [1.29, 1.82) is 5.41 Å². The first-order valence-electron chi connectivity index (χ1n) is 5.36. The second-order valence-electron chi connectivity index (χ2n) is 3.68. The minimum Gasteiger partial charge on any atom is -0.384 e. The van der Waals surface area contributed by atoms with Gasteiger partial charge >= 0.3 is 0 Å². The molecule has 3 rings (SSSR count). The molecular formula is C11H9N7S. The van der Waals surface area contributed by atoms with Gasteiger partial charge in [0, 0.05) is 11.8 Å². The molecule has 0 aliphatic heterocycles. The molecule has 19 heavy (non-hydrogen) atoms. The minimum absolute atomic E-state index is 0.0126. The standard InChI is InChI=1S/C11H9N7S/c12-9(13)6-1-2-14-7(3-6)19-11-8-10(16-4-15-8)17-5-18-11/h1-5H,(H3,12,13)(H,15,16,17,18). The van der Waals surface area contributed by atoms with E-state index in [1.165, 1.54) is 18.1 Å². The van der Waals surface area contributed by atoms with Crippen molar-refractivity contribution in [3.8, 4) is 0 Å². The second kappa shape index (κ2) is 4.65. The van der Waals surface area contributed by atoms with Crippen LogP contribution in [0.1, 0.15) is 5.56 Å². The lowest BCUT2D eigenvalue weighted by Crippen LogP contribution is -2.11. The van der Waals surface area contributed by atoms with Crippen LogP contribution in [0.25, 0.3) is 11.2 Å². The van der Waals surface area contributed by atoms with Crippen LogP contribution in [0, 0.1) is 5.41 Å². The SMILES string of the molecule is N=C(N)c1ccnc(Sc2ncnc3nc[nH]c23)c1. The largest absolute Gasteiger partial charge is 0.384 e. The lowest BCUT2D eigenvalue weighted by Gasteiger charge is -2.03. The third kappa shape index (κ3) is 2.25. The van der Waals surface area contributed by atoms with Crippen LogP contribution in [0.3, 0.4) is 0 Å². The van der Waals surface area contributed by atoms with Crippen LogP contribution in [-0.2, 0) is 0 Å². The zero-order chi connectivity index (χ0) is 13.2. The van der Waals surface area contributed by atoms with E-state index in [1.807, 2.05) is 0 Å². The zero-order valence-corrected chi connectivity index (χ0v) is 10.5. The average molecular weight is 271 g/mol. The van der Waals surface area contributed by atoms with Gasteiger partial charge in [0.1, 0.15) is 27.7 Å². The number of nitrogen functional groups attached to an aromatic ring is 1. The molecule has 0 fully saturated rings. The van der Waals surface area contributed by atoms with Gasteiger partial charge in [0.15, 0.2) is 5.65 Å². The Hall–Kier alpha value is -2.48. The van der Waals surface area contributed by atoms with Gasteiger partial charge in [-0.1, -0.05) is 0 Å². The van der Waals surface area contributed by atoms with E-state index < -0.39 is 0 Å². The molecule has 0 saturated heterocycles. The van der Waals surface area contributed by atoms with Crippen molar-refractivity contribution in [3.63, 3.8) is 0 Å². The molecule has 8 heteroatoms. The molecule has 3 aromatic rings. The number of pyridine rings is 1. The van der Waals surface area contributed by atoms with Gasteiger partial charge in [-0.3, -0.25) is 5.41 Å². The number of H-pyrrole nitrogens is 1. The molecule has 0 aliphatic carbocycles. The normalized spacial score (nSPS) is 10.7. The lowest BCUT2D eigenvalue weighted by molar-refractivity contribution is 1.07. The maximum atomic E-state index is 7.42. The Labute approximate surface area is 112 Å². The number of fused-ring (bicyclic) bond motifs is 1. The second-order valence-corrected chi connectivity index (χ2v) is 4.69. The molecule has 0 aliphatic rings. The number of aromatic nitrogens is 5. The van der Waals surface area contributed by atoms with Crippen molar-refractivity contribution in [3.05, 3.63) is 36.5 Å². The van der Waals surface area contributed by atoms with Gasteiger partial charge in [0.25, 0.3) is 0 Å². The van der Waals surface area contributed by atoms with Gasteiger partial charge in [-0.2, -0.15) is 0 Å². The summed E-state index contributed by atoms with van der Waals surface area (Å²) in [4.78, 5) is 19.5. The Bertz CT molecular complexity index is 751. The van der Waals surface area contributed by atoms with Crippen LogP contribution in [0.15, 0.2) is 41.0 Å². The number of nitrogens with one attached hydrogen (secondary N) is 2. The summed E-state index contributed by atoms with van der Waals surface area (Å²) >= 11 is 1.37. The molecule has 0 aromatic carbocycles. The molecule has 0 atom stereocenters. The Balaban J connectivity index is 1.99. The molecular weight excluding hydrogens is 262 g/mol. The molecule has 0 spiro atoms. The van der Waals surface area contributed by atoms with Crippen LogP contribution in [-0.4, -0.2) is 30.8 Å². The Morgan fingerprint density at radius 1 is 1.26 bits per heavy atom. The van der Waals surface area contributed by atoms with Gasteiger partial charge in [0.2, 0.25) is 0 Å². The average Bonchev–Trinajstić information content (AvgIpc) is 2.88. The van der Waals surface area contributed by atoms with E-state index in [0.29, 0.717) is 16.2 Å². The van der Waals surface area contributed by atoms with Crippen molar-refractivity contribution in [2.24, 2.45) is 5.73 Å². The minimum atomic E-state index is 0.0126. The molecule has 0 amide bonds. The van der Waals surface area contributed by atoms with Crippen LogP contribution in [0.2, 0.25) is 0 Å². The highest BCUT2D eigenvalue weighted by Gasteiger charge is 2.09. The quantitative estimate of drug-likeness (QED) is 0.374. The number of rotatable bonds is 3. The summed E-state index contributed by atoms with van der Waals surface area (Å²) in [5, 5.41) is 8.86. The fourth-order valence-corrected chi connectivity index (χ4v) is 2.40. The number of hydrogen-bond donors (Lipinski definition) is 3. The van der Waals surface area contributed by atoms with E-state index in [4.69, 9.17) is 11.1 Å². The van der Waals surface area contributed by atoms with Crippen LogP contribution >= 0.6 is 11.8 Å². The monoisotopic (exact) mass is 271 g/mol. The van der Waals surface area contributed by atoms with Gasteiger partial charge < -0.3 is 10.7 Å². The van der Waals surface area contributed by atoms with Gasteiger partial charge in [-0.15, -0.1) is 0 Å². The Kier molecular flexibility index (Phi) is 2.84. The summed E-state index contributed by atoms with van der Waals surface area (Å²) in [6, 6.07) is 3.44. The molecule has 4 N–H and O–H groups in total. The predicted octanol–water partition coefficient (Wildman–Crippen LogP) is 1.18. The summed E-state index contributed by atoms with van der Waals surface area (Å²) in [5.74, 6) is 0.0126. The maximum absolute atomic E-state index is 7.42. The van der Waals surface area contributed by atoms with E-state index >= 15 is 0 Å². The summed E-state index contributed by atoms with van der Waals surface area (Å²) in [6.07, 6.45) is 4.65. The molecule has 0 saturated carbocycles. The molecule has 94 valence electrons. The molecule has 0 bridgehead atoms. The number of imidazole rings is 1. The lowest BCUT2D eigenvalue weighted by atomic mass is 10.2. The van der Waals surface area contributed by atoms with E-state index in [0.717, 1.165) is 10.5 Å². The van der Waals surface area contributed by atoms with E-state index in [-0.39, 0.29) is 5.84 Å². The fraction of sp³-hybridized carbons (Fsp3) is 0. The van der Waals surface area contributed by atoms with E-state index in [9.17, 15) is 0 Å². The van der Waals surface area contributed by atoms with Gasteiger partial charge in [-0.05, 0) is 23.9 Å². The number of nitrogens with two attached hydrogens (primary N) is 1. The fourth-order valence-electron chi connectivity index (χ4n) is 1.55. The number of nitrogens with zero attached hydrogens (tertiary/aromatic N) is 4. The molecule has 3 heterocycles. The highest BCUT2D eigenvalue weighted by Crippen LogP contribution is 2.28. The van der Waals surface area contributed by atoms with Crippen LogP contribution in [0.5, 0.6) is 0 Å². The van der Waals surface area contributed by atoms with Crippen LogP contribution < -0.4 is 5.73 Å². The Morgan fingerprint density at radius 3 is 3.00 bits per heavy atom. The van der Waals surface area contributed by atoms with Crippen molar-refractivity contribution in [2.45, 2.75) is 10.1 Å². The van der Waals surface area contributed by atoms with Crippen LogP contribution in [0.4, 0.5) is 0 Å². The topological polar surface area (TPSA) is 117 Å². The molecule has 3 aromatic heterocycles. The van der Waals surface area contributed by atoms with Crippen molar-refractivity contribution in [2.75, 3.05) is 0 Å². The summed E-state index contributed by atoms with van der Waals surface area (Å²) < 4.78 is 0. The zero-order valence-electron chi connectivity index (χ0n) is 9.66. The number of hydrogen-bond acceptors (Lipinski definition) is 6. The smallest absolute Gasteiger partial charge is 0.181 e. The summed E-state index contributed by atoms with van der Waals surface area (Å²) in [7, 11) is 0. The molecule has 7 nitrogen and oxygen atoms in total. The first-order valence-corrected chi connectivity index (χ1v) is 6.18. The van der Waals surface area contributed by atoms with E-state index in [2.05, 4.69) is 24.9 Å². The van der Waals surface area contributed by atoms with Crippen molar-refractivity contribution >= 4 is 28.8 Å². The highest BCUT2D eigenvalue weighted by molar-refractivity contribution is 7.99. The number of aromatic amines is 1. The summed E-state index contributed by atoms with van der Waals surface area (Å²) in [5.41, 5.74) is 7.46. The number of amidine groups is 1. The third-order valence-electron chi connectivity index (χ3n) is 2.44.